The van der Waals surface area contributed by atoms with Crippen molar-refractivity contribution in [1.82, 2.24) is 19.9 Å². The first kappa shape index (κ1) is 31.4. The van der Waals surface area contributed by atoms with Gasteiger partial charge < -0.3 is 29.7 Å². The molecular weight excluding hydrogens is 582 g/mol. The van der Waals surface area contributed by atoms with Crippen molar-refractivity contribution < 1.29 is 27.1 Å². The standard InChI is InChI=1S/C30H35F4N7O3/c1-16(2)23-15-41(7-8-44-23)30-36-11-18(12-37-30)25-21(31)10-22(40-6-5-39(4)17(3)14-40)27(26(25)32)38-29(43)20-13-35-24(42)9-19(20)28(33)34/h9-13,16-17,23,28H,5-8,14-15H2,1-4H3,(H,35,42)(H,38,43)/t17-,23+/m0/s1. The van der Waals surface area contributed by atoms with Gasteiger partial charge in [-0.1, -0.05) is 13.8 Å². The highest BCUT2D eigenvalue weighted by atomic mass is 19.3. The molecule has 0 saturated carbocycles. The Hall–Kier alpha value is -4.04. The Morgan fingerprint density at radius 1 is 1.09 bits per heavy atom. The fourth-order valence-corrected chi connectivity index (χ4v) is 5.43. The number of rotatable bonds is 7. The molecule has 4 heterocycles. The number of ether oxygens (including phenoxy) is 1. The van der Waals surface area contributed by atoms with Crippen LogP contribution < -0.4 is 20.7 Å². The summed E-state index contributed by atoms with van der Waals surface area (Å²) in [4.78, 5) is 41.6. The number of piperazine rings is 1. The largest absolute Gasteiger partial charge is 0.374 e. The quantitative estimate of drug-likeness (QED) is 0.378. The molecule has 236 valence electrons. The summed E-state index contributed by atoms with van der Waals surface area (Å²) in [5, 5.41) is 2.39. The molecule has 0 spiro atoms. The lowest BCUT2D eigenvalue weighted by Crippen LogP contribution is -2.50. The van der Waals surface area contributed by atoms with E-state index in [4.69, 9.17) is 4.74 Å². The fourth-order valence-electron chi connectivity index (χ4n) is 5.43. The minimum Gasteiger partial charge on any atom is -0.374 e. The number of hydrogen-bond acceptors (Lipinski definition) is 8. The van der Waals surface area contributed by atoms with Crippen LogP contribution in [0.15, 0.2) is 35.5 Å². The highest BCUT2D eigenvalue weighted by Gasteiger charge is 2.30. The third-order valence-corrected chi connectivity index (χ3v) is 8.22. The van der Waals surface area contributed by atoms with Gasteiger partial charge in [-0.05, 0) is 19.9 Å². The van der Waals surface area contributed by atoms with Crippen LogP contribution in [0.25, 0.3) is 11.1 Å². The number of likely N-dealkylation sites (N-methyl/N-ethyl adjacent to an activating group) is 1. The molecule has 5 rings (SSSR count). The molecule has 2 N–H and O–H groups in total. The summed E-state index contributed by atoms with van der Waals surface area (Å²) in [7, 11) is 1.93. The van der Waals surface area contributed by atoms with Gasteiger partial charge in [-0.15, -0.1) is 0 Å². The zero-order valence-electron chi connectivity index (χ0n) is 24.9. The first-order valence-corrected chi connectivity index (χ1v) is 14.4. The van der Waals surface area contributed by atoms with E-state index >= 15 is 8.78 Å². The van der Waals surface area contributed by atoms with E-state index in [9.17, 15) is 18.4 Å². The molecule has 3 aromatic rings. The monoisotopic (exact) mass is 617 g/mol. The third-order valence-electron chi connectivity index (χ3n) is 8.22. The Labute approximate surface area is 252 Å². The molecule has 1 amide bonds. The van der Waals surface area contributed by atoms with Crippen molar-refractivity contribution in [1.29, 1.82) is 0 Å². The minimum atomic E-state index is -3.14. The molecule has 2 atom stereocenters. The number of pyridine rings is 1. The van der Waals surface area contributed by atoms with Gasteiger partial charge in [0.15, 0.2) is 5.82 Å². The molecule has 44 heavy (non-hydrogen) atoms. The number of benzene rings is 1. The van der Waals surface area contributed by atoms with Crippen LogP contribution in [0, 0.1) is 17.6 Å². The number of anilines is 3. The highest BCUT2D eigenvalue weighted by Crippen LogP contribution is 2.39. The lowest BCUT2D eigenvalue weighted by Gasteiger charge is -2.39. The summed E-state index contributed by atoms with van der Waals surface area (Å²) >= 11 is 0. The van der Waals surface area contributed by atoms with Crippen molar-refractivity contribution in [2.75, 3.05) is 61.5 Å². The zero-order valence-corrected chi connectivity index (χ0v) is 24.9. The number of alkyl halides is 2. The zero-order chi connectivity index (χ0) is 31.7. The Balaban J connectivity index is 1.54. The van der Waals surface area contributed by atoms with Gasteiger partial charge in [0.2, 0.25) is 11.5 Å². The SMILES string of the molecule is CC(C)[C@H]1CN(c2ncc(-c3c(F)cc(N4CCN(C)[C@@H](C)C4)c(NC(=O)c4c[nH]c(=O)cc4C(F)F)c3F)cn2)CCO1. The second-order valence-electron chi connectivity index (χ2n) is 11.5. The van der Waals surface area contributed by atoms with E-state index < -0.39 is 46.2 Å². The Bertz CT molecular complexity index is 1570. The van der Waals surface area contributed by atoms with Crippen molar-refractivity contribution in [2.24, 2.45) is 5.92 Å². The molecule has 2 saturated heterocycles. The molecule has 0 aliphatic carbocycles. The molecular formula is C30H35F4N7O3. The first-order chi connectivity index (χ1) is 20.9. The molecule has 2 aliphatic heterocycles. The number of hydrogen-bond donors (Lipinski definition) is 2. The lowest BCUT2D eigenvalue weighted by atomic mass is 10.0. The summed E-state index contributed by atoms with van der Waals surface area (Å²) < 4.78 is 65.4. The number of aromatic nitrogens is 3. The van der Waals surface area contributed by atoms with Gasteiger partial charge >= 0.3 is 0 Å². The molecule has 2 aliphatic rings. The van der Waals surface area contributed by atoms with E-state index in [1.54, 1.807) is 4.90 Å². The van der Waals surface area contributed by atoms with Crippen LogP contribution in [0.3, 0.4) is 0 Å². The maximum absolute atomic E-state index is 16.4. The highest BCUT2D eigenvalue weighted by molar-refractivity contribution is 6.07. The number of H-pyrrole nitrogens is 1. The fraction of sp³-hybridized carbons (Fsp3) is 0.467. The molecule has 10 nitrogen and oxygen atoms in total. The van der Waals surface area contributed by atoms with E-state index in [0.717, 1.165) is 12.3 Å². The van der Waals surface area contributed by atoms with Crippen LogP contribution in [-0.2, 0) is 4.74 Å². The lowest BCUT2D eigenvalue weighted by molar-refractivity contribution is 0.0109. The number of halogens is 4. The minimum absolute atomic E-state index is 0.00838. The number of carbonyl (C=O) groups is 1. The van der Waals surface area contributed by atoms with Gasteiger partial charge in [-0.25, -0.2) is 27.5 Å². The average Bonchev–Trinajstić information content (AvgIpc) is 3.00. The van der Waals surface area contributed by atoms with Crippen molar-refractivity contribution in [2.45, 2.75) is 39.3 Å². The number of nitrogens with zero attached hydrogens (tertiary/aromatic N) is 5. The molecule has 0 unspecified atom stereocenters. The molecule has 2 fully saturated rings. The summed E-state index contributed by atoms with van der Waals surface area (Å²) in [6.07, 6.45) is 0.322. The van der Waals surface area contributed by atoms with E-state index in [1.807, 2.05) is 18.9 Å². The van der Waals surface area contributed by atoms with Crippen LogP contribution in [-0.4, -0.2) is 84.3 Å². The number of carbonyl (C=O) groups excluding carboxylic acids is 1. The van der Waals surface area contributed by atoms with Gasteiger partial charge in [0.25, 0.3) is 12.3 Å². The van der Waals surface area contributed by atoms with Crippen molar-refractivity contribution in [3.8, 4) is 11.1 Å². The summed E-state index contributed by atoms with van der Waals surface area (Å²) in [5.74, 6) is -2.43. The van der Waals surface area contributed by atoms with E-state index in [-0.39, 0.29) is 35.0 Å². The molecule has 14 heteroatoms. The van der Waals surface area contributed by atoms with Crippen molar-refractivity contribution in [3.63, 3.8) is 0 Å². The van der Waals surface area contributed by atoms with Gasteiger partial charge in [0.1, 0.15) is 11.5 Å². The van der Waals surface area contributed by atoms with Crippen LogP contribution in [0.2, 0.25) is 0 Å². The maximum atomic E-state index is 16.4. The Kier molecular flexibility index (Phi) is 9.20. The first-order valence-electron chi connectivity index (χ1n) is 14.4. The van der Waals surface area contributed by atoms with Crippen LogP contribution in [0.1, 0.15) is 43.1 Å². The second-order valence-corrected chi connectivity index (χ2v) is 11.5. The van der Waals surface area contributed by atoms with E-state index in [0.29, 0.717) is 51.3 Å². The number of amides is 1. The number of aromatic amines is 1. The average molecular weight is 618 g/mol. The topological polar surface area (TPSA) is 107 Å². The van der Waals surface area contributed by atoms with Gasteiger partial charge in [-0.3, -0.25) is 9.59 Å². The van der Waals surface area contributed by atoms with E-state index in [1.165, 1.54) is 12.4 Å². The smallest absolute Gasteiger partial charge is 0.264 e. The molecule has 0 radical (unpaired) electrons. The number of nitrogens with one attached hydrogen (secondary N) is 2. The van der Waals surface area contributed by atoms with Gasteiger partial charge in [0.05, 0.1) is 29.5 Å². The Morgan fingerprint density at radius 2 is 1.82 bits per heavy atom. The van der Waals surface area contributed by atoms with Crippen molar-refractivity contribution in [3.05, 3.63) is 63.8 Å². The molecule has 0 bridgehead atoms. The van der Waals surface area contributed by atoms with Crippen LogP contribution >= 0.6 is 0 Å². The van der Waals surface area contributed by atoms with Crippen molar-refractivity contribution >= 4 is 23.2 Å². The summed E-state index contributed by atoms with van der Waals surface area (Å²) in [6.45, 7) is 9.07. The van der Waals surface area contributed by atoms with Gasteiger partial charge in [-0.2, -0.15) is 0 Å². The predicted molar refractivity (Wildman–Crippen MR) is 158 cm³/mol. The van der Waals surface area contributed by atoms with Crippen LogP contribution in [0.5, 0.6) is 0 Å². The van der Waals surface area contributed by atoms with E-state index in [2.05, 4.69) is 39.0 Å². The second kappa shape index (κ2) is 12.9. The van der Waals surface area contributed by atoms with Gasteiger partial charge in [0, 0.05) is 80.6 Å². The predicted octanol–water partition coefficient (Wildman–Crippen LogP) is 4.30. The summed E-state index contributed by atoms with van der Waals surface area (Å²) in [6, 6.07) is 1.76. The summed E-state index contributed by atoms with van der Waals surface area (Å²) in [5.41, 5.74) is -2.94. The molecule has 1 aromatic carbocycles. The molecule has 2 aromatic heterocycles. The van der Waals surface area contributed by atoms with Crippen LogP contribution in [0.4, 0.5) is 34.9 Å². The normalized spacial score (nSPS) is 19.6. The number of morpholine rings is 1. The third kappa shape index (κ3) is 6.41. The Morgan fingerprint density at radius 3 is 2.48 bits per heavy atom. The maximum Gasteiger partial charge on any atom is 0.264 e.